The van der Waals surface area contributed by atoms with Crippen molar-refractivity contribution in [3.63, 3.8) is 0 Å². The second-order valence-corrected chi connectivity index (χ2v) is 5.90. The first-order valence-electron chi connectivity index (χ1n) is 8.50. The fraction of sp³-hybridized carbons (Fsp3) is 0.389. The van der Waals surface area contributed by atoms with Gasteiger partial charge in [0.15, 0.2) is 0 Å². The van der Waals surface area contributed by atoms with Gasteiger partial charge in [0, 0.05) is 25.2 Å². The van der Waals surface area contributed by atoms with Crippen LogP contribution in [0.15, 0.2) is 42.5 Å². The molecule has 2 heterocycles. The number of ether oxygens (including phenoxy) is 1. The van der Waals surface area contributed by atoms with Gasteiger partial charge >= 0.3 is 0 Å². The average molecular weight is 341 g/mol. The Morgan fingerprint density at radius 2 is 2.04 bits per heavy atom. The molecule has 0 spiro atoms. The van der Waals surface area contributed by atoms with Crippen molar-refractivity contribution in [1.29, 1.82) is 0 Å². The molecule has 0 unspecified atom stereocenters. The molecule has 0 aliphatic carbocycles. The lowest BCUT2D eigenvalue weighted by Gasteiger charge is -2.29. The van der Waals surface area contributed by atoms with Crippen LogP contribution in [0.1, 0.15) is 6.92 Å². The summed E-state index contributed by atoms with van der Waals surface area (Å²) in [5.41, 5.74) is 1.86. The first-order valence-corrected chi connectivity index (χ1v) is 8.50. The Hall–Kier alpha value is -2.51. The third-order valence-corrected chi connectivity index (χ3v) is 4.06. The van der Waals surface area contributed by atoms with Gasteiger partial charge < -0.3 is 20.7 Å². The van der Waals surface area contributed by atoms with Gasteiger partial charge in [-0.05, 0) is 19.1 Å². The number of nitrogens with one attached hydrogen (secondary N) is 3. The van der Waals surface area contributed by atoms with E-state index in [1.807, 2.05) is 49.4 Å². The minimum absolute atomic E-state index is 0.0421. The summed E-state index contributed by atoms with van der Waals surface area (Å²) in [5, 5.41) is 17.6. The lowest BCUT2D eigenvalue weighted by atomic mass is 10.1. The summed E-state index contributed by atoms with van der Waals surface area (Å²) in [4.78, 5) is 12.1. The molecule has 132 valence electrons. The second-order valence-electron chi connectivity index (χ2n) is 5.90. The molecule has 0 saturated carbocycles. The highest BCUT2D eigenvalue weighted by Gasteiger charge is 2.27. The minimum Gasteiger partial charge on any atom is -0.375 e. The fourth-order valence-electron chi connectivity index (χ4n) is 2.70. The maximum absolute atomic E-state index is 12.1. The number of hydrogen-bond acceptors (Lipinski definition) is 6. The monoisotopic (exact) mass is 341 g/mol. The Bertz CT molecular complexity index is 678. The number of hydrogen-bond donors (Lipinski definition) is 3. The minimum atomic E-state index is -0.293. The lowest BCUT2D eigenvalue weighted by molar-refractivity contribution is -0.128. The first kappa shape index (κ1) is 17.3. The quantitative estimate of drug-likeness (QED) is 0.681. The zero-order chi connectivity index (χ0) is 17.5. The normalized spacial score (nSPS) is 20.0. The van der Waals surface area contributed by atoms with Crippen LogP contribution < -0.4 is 16.0 Å². The highest BCUT2D eigenvalue weighted by Crippen LogP contribution is 2.16. The molecule has 0 radical (unpaired) electrons. The van der Waals surface area contributed by atoms with Crippen LogP contribution in [0.4, 0.5) is 5.82 Å². The van der Waals surface area contributed by atoms with Crippen molar-refractivity contribution in [3.05, 3.63) is 42.5 Å². The zero-order valence-corrected chi connectivity index (χ0v) is 14.2. The third-order valence-electron chi connectivity index (χ3n) is 4.06. The van der Waals surface area contributed by atoms with E-state index < -0.39 is 0 Å². The first-order chi connectivity index (χ1) is 12.2. The summed E-state index contributed by atoms with van der Waals surface area (Å²) in [6.07, 6.45) is -0.113. The van der Waals surface area contributed by atoms with Gasteiger partial charge in [0.2, 0.25) is 5.91 Å². The van der Waals surface area contributed by atoms with E-state index in [4.69, 9.17) is 4.74 Å². The molecule has 3 N–H and O–H groups in total. The van der Waals surface area contributed by atoms with Gasteiger partial charge in [-0.25, -0.2) is 0 Å². The van der Waals surface area contributed by atoms with Crippen LogP contribution in [0.25, 0.3) is 11.3 Å². The van der Waals surface area contributed by atoms with E-state index in [0.29, 0.717) is 32.1 Å². The van der Waals surface area contributed by atoms with Crippen molar-refractivity contribution in [2.75, 3.05) is 31.6 Å². The number of carbonyl (C=O) groups excluding carboxylic acids is 1. The molecule has 7 heteroatoms. The Kier molecular flexibility index (Phi) is 5.92. The van der Waals surface area contributed by atoms with Gasteiger partial charge in [-0.1, -0.05) is 30.3 Å². The number of rotatable bonds is 6. The number of benzene rings is 1. The number of morpholine rings is 1. The molecule has 1 amide bonds. The highest BCUT2D eigenvalue weighted by atomic mass is 16.5. The maximum Gasteiger partial charge on any atom is 0.239 e. The molecule has 7 nitrogen and oxygen atoms in total. The number of anilines is 1. The SMILES string of the molecule is C[C@H]1OCCN[C@@H]1C(=O)NCCNc1ccc(-c2ccccc2)nn1. The van der Waals surface area contributed by atoms with Crippen molar-refractivity contribution < 1.29 is 9.53 Å². The second kappa shape index (κ2) is 8.55. The third kappa shape index (κ3) is 4.74. The van der Waals surface area contributed by atoms with Crippen molar-refractivity contribution >= 4 is 11.7 Å². The van der Waals surface area contributed by atoms with Gasteiger partial charge in [0.1, 0.15) is 11.9 Å². The predicted molar refractivity (Wildman–Crippen MR) is 96.2 cm³/mol. The summed E-state index contributed by atoms with van der Waals surface area (Å²) in [6, 6.07) is 13.4. The Morgan fingerprint density at radius 1 is 1.20 bits per heavy atom. The molecule has 1 fully saturated rings. The molecule has 2 atom stereocenters. The Balaban J connectivity index is 1.42. The number of carbonyl (C=O) groups is 1. The van der Waals surface area contributed by atoms with Crippen molar-refractivity contribution in [2.24, 2.45) is 0 Å². The molecule has 1 saturated heterocycles. The van der Waals surface area contributed by atoms with Crippen LogP contribution >= 0.6 is 0 Å². The van der Waals surface area contributed by atoms with Gasteiger partial charge in [0.05, 0.1) is 18.4 Å². The predicted octanol–water partition coefficient (Wildman–Crippen LogP) is 1.05. The van der Waals surface area contributed by atoms with Crippen LogP contribution in [0, 0.1) is 0 Å². The summed E-state index contributed by atoms with van der Waals surface area (Å²) in [5.74, 6) is 0.640. The van der Waals surface area contributed by atoms with Gasteiger partial charge in [-0.15, -0.1) is 10.2 Å². The molecule has 25 heavy (non-hydrogen) atoms. The Labute approximate surface area is 147 Å². The van der Waals surface area contributed by atoms with Crippen LogP contribution in [0.2, 0.25) is 0 Å². The van der Waals surface area contributed by atoms with Gasteiger partial charge in [0.25, 0.3) is 0 Å². The largest absolute Gasteiger partial charge is 0.375 e. The van der Waals surface area contributed by atoms with Crippen molar-refractivity contribution in [2.45, 2.75) is 19.1 Å². The molecular weight excluding hydrogens is 318 g/mol. The Morgan fingerprint density at radius 3 is 2.76 bits per heavy atom. The van der Waals surface area contributed by atoms with Crippen LogP contribution in [0.3, 0.4) is 0 Å². The smallest absolute Gasteiger partial charge is 0.239 e. The van der Waals surface area contributed by atoms with Crippen LogP contribution in [0.5, 0.6) is 0 Å². The topological polar surface area (TPSA) is 88.2 Å². The number of aromatic nitrogens is 2. The van der Waals surface area contributed by atoms with E-state index in [2.05, 4.69) is 26.1 Å². The molecule has 1 aliphatic heterocycles. The molecule has 2 aromatic rings. The maximum atomic E-state index is 12.1. The van der Waals surface area contributed by atoms with E-state index in [1.165, 1.54) is 0 Å². The molecule has 1 aliphatic rings. The fourth-order valence-corrected chi connectivity index (χ4v) is 2.70. The van der Waals surface area contributed by atoms with Crippen LogP contribution in [-0.2, 0) is 9.53 Å². The average Bonchev–Trinajstić information content (AvgIpc) is 2.66. The molecule has 0 bridgehead atoms. The zero-order valence-electron chi connectivity index (χ0n) is 14.2. The van der Waals surface area contributed by atoms with Crippen molar-refractivity contribution in [3.8, 4) is 11.3 Å². The summed E-state index contributed by atoms with van der Waals surface area (Å²) >= 11 is 0. The number of nitrogens with zero attached hydrogens (tertiary/aromatic N) is 2. The van der Waals surface area contributed by atoms with E-state index in [-0.39, 0.29) is 18.1 Å². The van der Waals surface area contributed by atoms with E-state index >= 15 is 0 Å². The van der Waals surface area contributed by atoms with E-state index in [9.17, 15) is 4.79 Å². The van der Waals surface area contributed by atoms with Gasteiger partial charge in [-0.3, -0.25) is 4.79 Å². The molecule has 1 aromatic heterocycles. The molecule has 3 rings (SSSR count). The summed E-state index contributed by atoms with van der Waals surface area (Å²) in [7, 11) is 0. The van der Waals surface area contributed by atoms with Gasteiger partial charge in [-0.2, -0.15) is 0 Å². The summed E-state index contributed by atoms with van der Waals surface area (Å²) in [6.45, 7) is 4.33. The highest BCUT2D eigenvalue weighted by molar-refractivity contribution is 5.82. The lowest BCUT2D eigenvalue weighted by Crippen LogP contribution is -2.55. The molecule has 1 aromatic carbocycles. The standard InChI is InChI=1S/C18H23N5O2/c1-13-17(20-11-12-25-13)18(24)21-10-9-19-16-8-7-15(22-23-16)14-5-3-2-4-6-14/h2-8,13,17,20H,9-12H2,1H3,(H,19,23)(H,21,24)/t13-,17+/m1/s1. The van der Waals surface area contributed by atoms with Crippen LogP contribution in [-0.4, -0.2) is 54.5 Å². The summed E-state index contributed by atoms with van der Waals surface area (Å²) < 4.78 is 5.48. The van der Waals surface area contributed by atoms with E-state index in [1.54, 1.807) is 0 Å². The van der Waals surface area contributed by atoms with E-state index in [0.717, 1.165) is 11.3 Å². The van der Waals surface area contributed by atoms with Crippen molar-refractivity contribution in [1.82, 2.24) is 20.8 Å². The number of amides is 1. The molecular formula is C18H23N5O2.